The molecule has 2 rings (SSSR count). The minimum absolute atomic E-state index is 1.03. The summed E-state index contributed by atoms with van der Waals surface area (Å²) in [5.41, 5.74) is 2.64. The average Bonchev–Trinajstić information content (AvgIpc) is 2.55. The van der Waals surface area contributed by atoms with Gasteiger partial charge in [0.2, 0.25) is 0 Å². The zero-order valence-corrected chi connectivity index (χ0v) is 10.1. The van der Waals surface area contributed by atoms with Crippen molar-refractivity contribution in [3.63, 3.8) is 0 Å². The van der Waals surface area contributed by atoms with E-state index in [2.05, 4.69) is 22.2 Å². The highest BCUT2D eigenvalue weighted by Crippen LogP contribution is 2.23. The van der Waals surface area contributed by atoms with E-state index in [1.54, 1.807) is 6.33 Å². The minimum atomic E-state index is 1.03. The topological polar surface area (TPSA) is 37.8 Å². The number of rotatable bonds is 4. The van der Waals surface area contributed by atoms with Crippen molar-refractivity contribution >= 4 is 5.82 Å². The molecule has 3 nitrogen and oxygen atoms in total. The molecule has 0 spiro atoms. The molecule has 0 aromatic carbocycles. The summed E-state index contributed by atoms with van der Waals surface area (Å²) in [6.45, 7) is 3.24. The third kappa shape index (κ3) is 2.71. The van der Waals surface area contributed by atoms with Gasteiger partial charge < -0.3 is 5.32 Å². The first kappa shape index (κ1) is 11.4. The van der Waals surface area contributed by atoms with Crippen LogP contribution in [0.15, 0.2) is 6.33 Å². The van der Waals surface area contributed by atoms with Gasteiger partial charge in [0.15, 0.2) is 0 Å². The minimum Gasteiger partial charge on any atom is -0.370 e. The van der Waals surface area contributed by atoms with Crippen molar-refractivity contribution in [2.24, 2.45) is 0 Å². The van der Waals surface area contributed by atoms with Crippen molar-refractivity contribution < 1.29 is 0 Å². The number of anilines is 1. The van der Waals surface area contributed by atoms with E-state index in [0.29, 0.717) is 0 Å². The molecule has 0 amide bonds. The Morgan fingerprint density at radius 2 is 2.06 bits per heavy atom. The zero-order chi connectivity index (χ0) is 11.2. The van der Waals surface area contributed by atoms with E-state index in [0.717, 1.165) is 25.2 Å². The molecule has 0 saturated heterocycles. The Balaban J connectivity index is 2.11. The summed E-state index contributed by atoms with van der Waals surface area (Å²) in [5.74, 6) is 1.08. The van der Waals surface area contributed by atoms with Gasteiger partial charge in [-0.15, -0.1) is 0 Å². The number of hydrogen-bond donors (Lipinski definition) is 1. The summed E-state index contributed by atoms with van der Waals surface area (Å²) in [7, 11) is 0. The van der Waals surface area contributed by atoms with Gasteiger partial charge in [-0.3, -0.25) is 0 Å². The number of hydrogen-bond acceptors (Lipinski definition) is 3. The van der Waals surface area contributed by atoms with Crippen LogP contribution in [0.1, 0.15) is 50.3 Å². The molecule has 1 N–H and O–H groups in total. The van der Waals surface area contributed by atoms with E-state index in [4.69, 9.17) is 0 Å². The van der Waals surface area contributed by atoms with Gasteiger partial charge in [0.1, 0.15) is 12.1 Å². The molecular formula is C13H21N3. The predicted molar refractivity (Wildman–Crippen MR) is 66.7 cm³/mol. The van der Waals surface area contributed by atoms with Crippen molar-refractivity contribution in [2.75, 3.05) is 11.9 Å². The normalized spacial score (nSPS) is 15.3. The molecule has 0 fully saturated rings. The molecule has 1 heterocycles. The summed E-state index contributed by atoms with van der Waals surface area (Å²) < 4.78 is 0. The van der Waals surface area contributed by atoms with Gasteiger partial charge in [-0.1, -0.05) is 19.8 Å². The molecule has 0 saturated carbocycles. The number of aryl methyl sites for hydroxylation is 1. The second-order valence-electron chi connectivity index (χ2n) is 4.49. The van der Waals surface area contributed by atoms with Gasteiger partial charge in [0.25, 0.3) is 0 Å². The smallest absolute Gasteiger partial charge is 0.132 e. The highest BCUT2D eigenvalue weighted by molar-refractivity contribution is 5.46. The van der Waals surface area contributed by atoms with Crippen LogP contribution < -0.4 is 5.32 Å². The molecule has 1 aromatic heterocycles. The number of aromatic nitrogens is 2. The monoisotopic (exact) mass is 219 g/mol. The second kappa shape index (κ2) is 5.83. The molecule has 0 unspecified atom stereocenters. The van der Waals surface area contributed by atoms with E-state index >= 15 is 0 Å². The maximum atomic E-state index is 4.42. The summed E-state index contributed by atoms with van der Waals surface area (Å²) in [6, 6.07) is 0. The van der Waals surface area contributed by atoms with Crippen LogP contribution in [-0.2, 0) is 12.8 Å². The van der Waals surface area contributed by atoms with Crippen LogP contribution in [0.2, 0.25) is 0 Å². The molecule has 0 radical (unpaired) electrons. The molecular weight excluding hydrogens is 198 g/mol. The first-order chi connectivity index (χ1) is 7.92. The maximum Gasteiger partial charge on any atom is 0.132 e. The lowest BCUT2D eigenvalue weighted by molar-refractivity contribution is 0.708. The fraction of sp³-hybridized carbons (Fsp3) is 0.692. The third-order valence-electron chi connectivity index (χ3n) is 3.20. The highest BCUT2D eigenvalue weighted by Gasteiger charge is 2.13. The molecule has 1 aliphatic carbocycles. The molecule has 88 valence electrons. The van der Waals surface area contributed by atoms with Gasteiger partial charge in [0.05, 0.1) is 0 Å². The van der Waals surface area contributed by atoms with Crippen LogP contribution in [0, 0.1) is 0 Å². The Labute approximate surface area is 97.7 Å². The highest BCUT2D eigenvalue weighted by atomic mass is 15.0. The van der Waals surface area contributed by atoms with Gasteiger partial charge >= 0.3 is 0 Å². The van der Waals surface area contributed by atoms with Gasteiger partial charge in [-0.2, -0.15) is 0 Å². The zero-order valence-electron chi connectivity index (χ0n) is 10.1. The van der Waals surface area contributed by atoms with Crippen LogP contribution >= 0.6 is 0 Å². The quantitative estimate of drug-likeness (QED) is 0.625. The van der Waals surface area contributed by atoms with Crippen molar-refractivity contribution in [1.29, 1.82) is 0 Å². The van der Waals surface area contributed by atoms with Gasteiger partial charge in [0, 0.05) is 17.8 Å². The number of nitrogens with zero attached hydrogens (tertiary/aromatic N) is 2. The maximum absolute atomic E-state index is 4.42. The van der Waals surface area contributed by atoms with Crippen LogP contribution in [-0.4, -0.2) is 16.5 Å². The Morgan fingerprint density at radius 3 is 2.94 bits per heavy atom. The van der Waals surface area contributed by atoms with E-state index in [-0.39, 0.29) is 0 Å². The lowest BCUT2D eigenvalue weighted by atomic mass is 10.1. The molecule has 16 heavy (non-hydrogen) atoms. The number of unbranched alkanes of at least 4 members (excludes halogenated alkanes) is 1. The van der Waals surface area contributed by atoms with Crippen LogP contribution in [0.5, 0.6) is 0 Å². The largest absolute Gasteiger partial charge is 0.370 e. The summed E-state index contributed by atoms with van der Waals surface area (Å²) in [4.78, 5) is 8.80. The van der Waals surface area contributed by atoms with E-state index in [1.165, 1.54) is 43.4 Å². The van der Waals surface area contributed by atoms with E-state index < -0.39 is 0 Å². The number of fused-ring (bicyclic) bond motifs is 1. The lowest BCUT2D eigenvalue weighted by Gasteiger charge is -2.11. The second-order valence-corrected chi connectivity index (χ2v) is 4.49. The Bertz CT molecular complexity index is 336. The predicted octanol–water partition coefficient (Wildman–Crippen LogP) is 2.96. The molecule has 3 heteroatoms. The Hall–Kier alpha value is -1.12. The molecule has 0 aliphatic heterocycles. The first-order valence-electron chi connectivity index (χ1n) is 6.48. The summed E-state index contributed by atoms with van der Waals surface area (Å²) >= 11 is 0. The van der Waals surface area contributed by atoms with Gasteiger partial charge in [-0.05, 0) is 32.1 Å². The van der Waals surface area contributed by atoms with Crippen LogP contribution in [0.25, 0.3) is 0 Å². The van der Waals surface area contributed by atoms with Gasteiger partial charge in [-0.25, -0.2) is 9.97 Å². The lowest BCUT2D eigenvalue weighted by Crippen LogP contribution is -2.08. The summed E-state index contributed by atoms with van der Waals surface area (Å²) in [6.07, 6.45) is 10.3. The molecule has 1 aromatic rings. The Morgan fingerprint density at radius 1 is 1.19 bits per heavy atom. The molecule has 0 atom stereocenters. The van der Waals surface area contributed by atoms with Crippen molar-refractivity contribution in [3.8, 4) is 0 Å². The van der Waals surface area contributed by atoms with Crippen molar-refractivity contribution in [3.05, 3.63) is 17.6 Å². The third-order valence-corrected chi connectivity index (χ3v) is 3.20. The number of nitrogens with one attached hydrogen (secondary N) is 1. The fourth-order valence-electron chi connectivity index (χ4n) is 2.23. The van der Waals surface area contributed by atoms with Crippen molar-refractivity contribution in [2.45, 2.75) is 51.9 Å². The average molecular weight is 219 g/mol. The molecule has 0 bridgehead atoms. The van der Waals surface area contributed by atoms with E-state index in [9.17, 15) is 0 Å². The SMILES string of the molecule is CCCCNc1ncnc2c1CCCCC2. The van der Waals surface area contributed by atoms with Crippen molar-refractivity contribution in [1.82, 2.24) is 9.97 Å². The van der Waals surface area contributed by atoms with Crippen LogP contribution in [0.3, 0.4) is 0 Å². The molecule has 1 aliphatic rings. The fourth-order valence-corrected chi connectivity index (χ4v) is 2.23. The standard InChI is InChI=1S/C13H21N3/c1-2-3-9-14-13-11-7-5-4-6-8-12(11)15-10-16-13/h10H,2-9H2,1H3,(H,14,15,16). The Kier molecular flexibility index (Phi) is 4.14. The first-order valence-corrected chi connectivity index (χ1v) is 6.48. The summed E-state index contributed by atoms with van der Waals surface area (Å²) in [5, 5.41) is 3.45. The van der Waals surface area contributed by atoms with E-state index in [1.807, 2.05) is 0 Å². The van der Waals surface area contributed by atoms with Crippen LogP contribution in [0.4, 0.5) is 5.82 Å².